The summed E-state index contributed by atoms with van der Waals surface area (Å²) < 4.78 is 0. The van der Waals surface area contributed by atoms with Gasteiger partial charge in [-0.2, -0.15) is 0 Å². The maximum absolute atomic E-state index is 4.01. The predicted octanol–water partition coefficient (Wildman–Crippen LogP) is 3.04. The Morgan fingerprint density at radius 2 is 1.89 bits per heavy atom. The van der Waals surface area contributed by atoms with Crippen LogP contribution in [0.25, 0.3) is 0 Å². The van der Waals surface area contributed by atoms with Crippen LogP contribution in [0.2, 0.25) is 0 Å². The molecule has 0 atom stereocenters. The van der Waals surface area contributed by atoms with E-state index >= 15 is 0 Å². The van der Waals surface area contributed by atoms with Crippen molar-refractivity contribution in [3.8, 4) is 0 Å². The van der Waals surface area contributed by atoms with Crippen molar-refractivity contribution in [2.24, 2.45) is 0 Å². The Morgan fingerprint density at radius 1 is 1.16 bits per heavy atom. The molecule has 0 aliphatic rings. The van der Waals surface area contributed by atoms with Gasteiger partial charge >= 0.3 is 0 Å². The molecule has 0 fully saturated rings. The van der Waals surface area contributed by atoms with Crippen molar-refractivity contribution in [3.63, 3.8) is 0 Å². The van der Waals surface area contributed by atoms with Gasteiger partial charge in [-0.05, 0) is 16.5 Å². The zero-order valence-electron chi connectivity index (χ0n) is 12.0. The van der Waals surface area contributed by atoms with E-state index in [4.69, 9.17) is 0 Å². The van der Waals surface area contributed by atoms with Gasteiger partial charge in [0.2, 0.25) is 0 Å². The Bertz CT molecular complexity index is 478. The molecule has 2 aromatic rings. The van der Waals surface area contributed by atoms with Crippen LogP contribution in [0.1, 0.15) is 37.6 Å². The highest BCUT2D eigenvalue weighted by atomic mass is 14.9. The zero-order chi connectivity index (χ0) is 13.7. The number of hydrogen-bond donors (Lipinski definition) is 2. The fourth-order valence-electron chi connectivity index (χ4n) is 2.00. The van der Waals surface area contributed by atoms with Crippen LogP contribution in [0.15, 0.2) is 36.8 Å². The van der Waals surface area contributed by atoms with Crippen molar-refractivity contribution in [2.45, 2.75) is 39.2 Å². The van der Waals surface area contributed by atoms with Gasteiger partial charge in [-0.3, -0.25) is 0 Å². The van der Waals surface area contributed by atoms with E-state index in [1.165, 1.54) is 16.8 Å². The molecule has 19 heavy (non-hydrogen) atoms. The number of hydrogen-bond acceptors (Lipinski definition) is 2. The Morgan fingerprint density at radius 3 is 2.47 bits per heavy atom. The van der Waals surface area contributed by atoms with Crippen LogP contribution < -0.4 is 5.32 Å². The lowest BCUT2D eigenvalue weighted by atomic mass is 9.87. The van der Waals surface area contributed by atoms with Gasteiger partial charge in [0.05, 0.1) is 6.33 Å². The van der Waals surface area contributed by atoms with E-state index in [-0.39, 0.29) is 5.41 Å². The molecule has 3 heteroatoms. The van der Waals surface area contributed by atoms with Crippen LogP contribution in [-0.2, 0) is 18.4 Å². The molecule has 0 bridgehead atoms. The fourth-order valence-corrected chi connectivity index (χ4v) is 2.00. The van der Waals surface area contributed by atoms with Crippen molar-refractivity contribution >= 4 is 0 Å². The fraction of sp³-hybridized carbons (Fsp3) is 0.438. The summed E-state index contributed by atoms with van der Waals surface area (Å²) in [6.45, 7) is 8.60. The van der Waals surface area contributed by atoms with E-state index in [0.717, 1.165) is 19.5 Å². The topological polar surface area (TPSA) is 40.7 Å². The predicted molar refractivity (Wildman–Crippen MR) is 79.1 cm³/mol. The first-order chi connectivity index (χ1) is 9.05. The van der Waals surface area contributed by atoms with E-state index in [9.17, 15) is 0 Å². The van der Waals surface area contributed by atoms with Crippen LogP contribution in [0.4, 0.5) is 0 Å². The van der Waals surface area contributed by atoms with Crippen LogP contribution in [0.5, 0.6) is 0 Å². The molecular weight excluding hydrogens is 234 g/mol. The molecule has 0 unspecified atom stereocenters. The maximum atomic E-state index is 4.01. The summed E-state index contributed by atoms with van der Waals surface area (Å²) >= 11 is 0. The summed E-state index contributed by atoms with van der Waals surface area (Å²) in [5.74, 6) is 0. The Hall–Kier alpha value is -1.61. The van der Waals surface area contributed by atoms with Crippen LogP contribution in [0, 0.1) is 0 Å². The zero-order valence-corrected chi connectivity index (χ0v) is 12.0. The van der Waals surface area contributed by atoms with Crippen molar-refractivity contribution < 1.29 is 0 Å². The number of nitrogens with zero attached hydrogens (tertiary/aromatic N) is 1. The van der Waals surface area contributed by atoms with Gasteiger partial charge in [0, 0.05) is 31.4 Å². The third-order valence-corrected chi connectivity index (χ3v) is 3.28. The monoisotopic (exact) mass is 257 g/mol. The highest BCUT2D eigenvalue weighted by molar-refractivity contribution is 5.27. The molecule has 0 aliphatic carbocycles. The first-order valence-corrected chi connectivity index (χ1v) is 6.83. The van der Waals surface area contributed by atoms with Crippen LogP contribution >= 0.6 is 0 Å². The molecule has 1 heterocycles. The number of H-pyrrole nitrogens is 1. The van der Waals surface area contributed by atoms with Gasteiger partial charge in [-0.1, -0.05) is 45.0 Å². The average molecular weight is 257 g/mol. The number of imidazole rings is 1. The molecule has 0 aliphatic heterocycles. The molecule has 1 aromatic heterocycles. The lowest BCUT2D eigenvalue weighted by Crippen LogP contribution is -2.17. The van der Waals surface area contributed by atoms with Gasteiger partial charge in [0.25, 0.3) is 0 Å². The quantitative estimate of drug-likeness (QED) is 0.808. The minimum atomic E-state index is 0.229. The molecule has 0 saturated heterocycles. The molecule has 0 radical (unpaired) electrons. The lowest BCUT2D eigenvalue weighted by Gasteiger charge is -2.19. The van der Waals surface area contributed by atoms with Crippen molar-refractivity contribution in [3.05, 3.63) is 53.6 Å². The van der Waals surface area contributed by atoms with Crippen LogP contribution in [-0.4, -0.2) is 16.5 Å². The second-order valence-corrected chi connectivity index (χ2v) is 5.95. The Balaban J connectivity index is 1.77. The summed E-state index contributed by atoms with van der Waals surface area (Å²) in [4.78, 5) is 7.12. The van der Waals surface area contributed by atoms with Crippen LogP contribution in [0.3, 0.4) is 0 Å². The molecule has 3 nitrogen and oxygen atoms in total. The summed E-state index contributed by atoms with van der Waals surface area (Å²) in [5.41, 5.74) is 4.12. The summed E-state index contributed by atoms with van der Waals surface area (Å²) in [5, 5.41) is 3.45. The molecule has 102 valence electrons. The first kappa shape index (κ1) is 13.8. The highest BCUT2D eigenvalue weighted by Gasteiger charge is 2.12. The third kappa shape index (κ3) is 4.21. The Kier molecular flexibility index (Phi) is 4.38. The maximum Gasteiger partial charge on any atom is 0.0921 e. The highest BCUT2D eigenvalue weighted by Crippen LogP contribution is 2.22. The van der Waals surface area contributed by atoms with Crippen molar-refractivity contribution in [1.82, 2.24) is 15.3 Å². The smallest absolute Gasteiger partial charge is 0.0921 e. The summed E-state index contributed by atoms with van der Waals surface area (Å²) in [6, 6.07) is 8.88. The number of nitrogens with one attached hydrogen (secondary N) is 2. The minimum absolute atomic E-state index is 0.229. The van der Waals surface area contributed by atoms with E-state index < -0.39 is 0 Å². The largest absolute Gasteiger partial charge is 0.348 e. The first-order valence-electron chi connectivity index (χ1n) is 6.83. The third-order valence-electron chi connectivity index (χ3n) is 3.28. The molecule has 2 rings (SSSR count). The van der Waals surface area contributed by atoms with Gasteiger partial charge in [0.15, 0.2) is 0 Å². The Labute approximate surface area is 115 Å². The molecule has 2 N–H and O–H groups in total. The second kappa shape index (κ2) is 6.02. The lowest BCUT2D eigenvalue weighted by molar-refractivity contribution is 0.589. The molecule has 1 aromatic carbocycles. The van der Waals surface area contributed by atoms with E-state index in [1.54, 1.807) is 6.33 Å². The number of benzene rings is 1. The number of aromatic amines is 1. The summed E-state index contributed by atoms with van der Waals surface area (Å²) in [7, 11) is 0. The van der Waals surface area contributed by atoms with E-state index in [2.05, 4.69) is 60.3 Å². The van der Waals surface area contributed by atoms with Gasteiger partial charge < -0.3 is 10.3 Å². The minimum Gasteiger partial charge on any atom is -0.348 e. The van der Waals surface area contributed by atoms with Gasteiger partial charge in [-0.15, -0.1) is 0 Å². The molecule has 0 saturated carbocycles. The molecular formula is C16H23N3. The van der Waals surface area contributed by atoms with E-state index in [1.807, 2.05) is 6.20 Å². The summed E-state index contributed by atoms with van der Waals surface area (Å²) in [6.07, 6.45) is 4.58. The van der Waals surface area contributed by atoms with Crippen molar-refractivity contribution in [2.75, 3.05) is 6.54 Å². The van der Waals surface area contributed by atoms with E-state index in [0.29, 0.717) is 0 Å². The van der Waals surface area contributed by atoms with Gasteiger partial charge in [0.1, 0.15) is 0 Å². The normalized spacial score (nSPS) is 11.7. The molecule has 0 spiro atoms. The molecule has 0 amide bonds. The average Bonchev–Trinajstić information content (AvgIpc) is 2.87. The number of aromatic nitrogens is 2. The number of rotatable bonds is 5. The van der Waals surface area contributed by atoms with Gasteiger partial charge in [-0.25, -0.2) is 4.98 Å². The standard InChI is InChI=1S/C16H23N3/c1-16(2,3)14-6-4-13(5-7-14)10-17-9-8-15-11-18-12-19-15/h4-7,11-12,17H,8-10H2,1-3H3,(H,18,19). The second-order valence-electron chi connectivity index (χ2n) is 5.95. The van der Waals surface area contributed by atoms with Crippen molar-refractivity contribution in [1.29, 1.82) is 0 Å². The SMILES string of the molecule is CC(C)(C)c1ccc(CNCCc2cnc[nH]2)cc1.